The molecular formula is C14H17N3O4S. The lowest BCUT2D eigenvalue weighted by molar-refractivity contribution is 0.0696. The van der Waals surface area contributed by atoms with E-state index in [1.54, 1.807) is 18.3 Å². The highest BCUT2D eigenvalue weighted by molar-refractivity contribution is 7.88. The van der Waals surface area contributed by atoms with Gasteiger partial charge in [-0.05, 0) is 24.3 Å². The number of hydrogen-bond acceptors (Lipinski definition) is 4. The third-order valence-electron chi connectivity index (χ3n) is 3.91. The van der Waals surface area contributed by atoms with E-state index in [1.165, 1.54) is 10.6 Å². The Labute approximate surface area is 128 Å². The molecule has 1 fully saturated rings. The van der Waals surface area contributed by atoms with Crippen molar-refractivity contribution in [2.75, 3.05) is 37.3 Å². The second-order valence-corrected chi connectivity index (χ2v) is 7.34. The van der Waals surface area contributed by atoms with Gasteiger partial charge in [-0.2, -0.15) is 4.31 Å². The molecule has 0 saturated carbocycles. The Morgan fingerprint density at radius 3 is 2.32 bits per heavy atom. The zero-order valence-electron chi connectivity index (χ0n) is 12.1. The number of nitrogens with zero attached hydrogens (tertiary/aromatic N) is 3. The predicted molar refractivity (Wildman–Crippen MR) is 83.0 cm³/mol. The van der Waals surface area contributed by atoms with E-state index in [1.807, 2.05) is 16.5 Å². The second-order valence-electron chi connectivity index (χ2n) is 5.36. The molecule has 1 N–H and O–H groups in total. The lowest BCUT2D eigenvalue weighted by Crippen LogP contribution is -2.48. The summed E-state index contributed by atoms with van der Waals surface area (Å²) in [5.74, 6) is -0.0882. The fraction of sp³-hybridized carbons (Fsp3) is 0.357. The number of aromatic carboxylic acids is 1. The van der Waals surface area contributed by atoms with Gasteiger partial charge in [0.2, 0.25) is 10.0 Å². The number of pyridine rings is 1. The number of rotatable bonds is 3. The summed E-state index contributed by atoms with van der Waals surface area (Å²) < 4.78 is 26.4. The van der Waals surface area contributed by atoms with Crippen molar-refractivity contribution in [3.8, 4) is 0 Å². The molecule has 1 aliphatic heterocycles. The molecule has 0 atom stereocenters. The number of anilines is 1. The van der Waals surface area contributed by atoms with Gasteiger partial charge in [-0.15, -0.1) is 0 Å². The molecule has 0 amide bonds. The monoisotopic (exact) mass is 323 g/mol. The van der Waals surface area contributed by atoms with Gasteiger partial charge in [-0.1, -0.05) is 0 Å². The van der Waals surface area contributed by atoms with Gasteiger partial charge in [0, 0.05) is 37.9 Å². The normalized spacial score (nSPS) is 17.0. The number of hydrogen-bond donors (Lipinski definition) is 1. The molecule has 0 radical (unpaired) electrons. The Morgan fingerprint density at radius 2 is 1.73 bits per heavy atom. The minimum atomic E-state index is -3.16. The van der Waals surface area contributed by atoms with Crippen molar-refractivity contribution in [1.29, 1.82) is 0 Å². The molecule has 1 aliphatic rings. The highest BCUT2D eigenvalue weighted by Crippen LogP contribution is 2.22. The summed E-state index contributed by atoms with van der Waals surface area (Å²) in [6.07, 6.45) is 2.81. The Hall–Kier alpha value is -2.06. The topological polar surface area (TPSA) is 82.3 Å². The molecule has 7 nitrogen and oxygen atoms in total. The van der Waals surface area contributed by atoms with Gasteiger partial charge in [0.15, 0.2) is 0 Å². The maximum absolute atomic E-state index is 11.5. The highest BCUT2D eigenvalue weighted by atomic mass is 32.2. The lowest BCUT2D eigenvalue weighted by Gasteiger charge is -2.34. The van der Waals surface area contributed by atoms with Crippen LogP contribution in [0.1, 0.15) is 10.4 Å². The van der Waals surface area contributed by atoms with Gasteiger partial charge in [-0.25, -0.2) is 13.2 Å². The third-order valence-corrected chi connectivity index (χ3v) is 5.21. The predicted octanol–water partition coefficient (Wildman–Crippen LogP) is 0.719. The standard InChI is InChI=1S/C14H17N3O4S/c1-22(20,21)16-8-6-15(7-9-16)13-5-4-12-3-2-11(14(18)19)10-17(12)13/h2-5,10H,6-9H2,1H3,(H,18,19). The summed E-state index contributed by atoms with van der Waals surface area (Å²) in [6, 6.07) is 7.18. The van der Waals surface area contributed by atoms with E-state index in [9.17, 15) is 13.2 Å². The number of carbonyl (C=O) groups is 1. The first kappa shape index (κ1) is 14.9. The summed E-state index contributed by atoms with van der Waals surface area (Å²) in [5.41, 5.74) is 1.13. The van der Waals surface area contributed by atoms with Crippen molar-refractivity contribution in [2.45, 2.75) is 0 Å². The molecule has 0 bridgehead atoms. The van der Waals surface area contributed by atoms with Crippen molar-refractivity contribution in [1.82, 2.24) is 8.71 Å². The minimum absolute atomic E-state index is 0.222. The van der Waals surface area contributed by atoms with Crippen molar-refractivity contribution in [3.63, 3.8) is 0 Å². The van der Waals surface area contributed by atoms with Crippen molar-refractivity contribution < 1.29 is 18.3 Å². The van der Waals surface area contributed by atoms with E-state index in [2.05, 4.69) is 4.90 Å². The molecule has 0 unspecified atom stereocenters. The Morgan fingerprint density at radius 1 is 1.09 bits per heavy atom. The van der Waals surface area contributed by atoms with Crippen LogP contribution in [0.2, 0.25) is 0 Å². The van der Waals surface area contributed by atoms with E-state index >= 15 is 0 Å². The van der Waals surface area contributed by atoms with Crippen LogP contribution in [0, 0.1) is 0 Å². The summed E-state index contributed by atoms with van der Waals surface area (Å²) in [5, 5.41) is 9.11. The average Bonchev–Trinajstić information content (AvgIpc) is 2.89. The molecule has 3 rings (SSSR count). The zero-order chi connectivity index (χ0) is 15.9. The van der Waals surface area contributed by atoms with Gasteiger partial charge in [-0.3, -0.25) is 0 Å². The highest BCUT2D eigenvalue weighted by Gasteiger charge is 2.24. The SMILES string of the molecule is CS(=O)(=O)N1CCN(c2ccc3ccc(C(=O)O)cn23)CC1. The molecule has 22 heavy (non-hydrogen) atoms. The molecule has 8 heteroatoms. The number of sulfonamides is 1. The summed E-state index contributed by atoms with van der Waals surface area (Å²) in [6.45, 7) is 2.03. The maximum Gasteiger partial charge on any atom is 0.337 e. The number of carboxylic acid groups (broad SMARTS) is 1. The Bertz CT molecular complexity index is 820. The first-order valence-corrected chi connectivity index (χ1v) is 8.75. The van der Waals surface area contributed by atoms with Crippen LogP contribution in [-0.2, 0) is 10.0 Å². The van der Waals surface area contributed by atoms with E-state index in [0.717, 1.165) is 11.3 Å². The summed E-state index contributed by atoms with van der Waals surface area (Å²) in [7, 11) is -3.16. The largest absolute Gasteiger partial charge is 0.478 e. The van der Waals surface area contributed by atoms with Crippen LogP contribution in [0.25, 0.3) is 5.52 Å². The van der Waals surface area contributed by atoms with Gasteiger partial charge >= 0.3 is 5.97 Å². The van der Waals surface area contributed by atoms with Gasteiger partial charge in [0.05, 0.1) is 11.8 Å². The van der Waals surface area contributed by atoms with Crippen molar-refractivity contribution in [2.24, 2.45) is 0 Å². The van der Waals surface area contributed by atoms with Gasteiger partial charge < -0.3 is 14.4 Å². The molecule has 0 aromatic carbocycles. The quantitative estimate of drug-likeness (QED) is 0.900. The summed E-state index contributed by atoms with van der Waals surface area (Å²) in [4.78, 5) is 13.2. The first-order chi connectivity index (χ1) is 10.4. The number of piperazine rings is 1. The van der Waals surface area contributed by atoms with Crippen molar-refractivity contribution >= 4 is 27.3 Å². The molecule has 2 aromatic rings. The second kappa shape index (κ2) is 5.29. The molecule has 3 heterocycles. The first-order valence-electron chi connectivity index (χ1n) is 6.91. The molecule has 0 aliphatic carbocycles. The Kier molecular flexibility index (Phi) is 3.57. The van der Waals surface area contributed by atoms with Crippen LogP contribution in [0.5, 0.6) is 0 Å². The minimum Gasteiger partial charge on any atom is -0.478 e. The maximum atomic E-state index is 11.5. The zero-order valence-corrected chi connectivity index (χ0v) is 13.0. The fourth-order valence-electron chi connectivity index (χ4n) is 2.72. The van der Waals surface area contributed by atoms with E-state index < -0.39 is 16.0 Å². The van der Waals surface area contributed by atoms with E-state index in [0.29, 0.717) is 26.2 Å². The van der Waals surface area contributed by atoms with Crippen LogP contribution in [0.4, 0.5) is 5.82 Å². The molecule has 0 spiro atoms. The molecule has 118 valence electrons. The number of fused-ring (bicyclic) bond motifs is 1. The molecule has 1 saturated heterocycles. The number of carboxylic acids is 1. The fourth-order valence-corrected chi connectivity index (χ4v) is 3.55. The average molecular weight is 323 g/mol. The molecular weight excluding hydrogens is 306 g/mol. The van der Waals surface area contributed by atoms with E-state index in [4.69, 9.17) is 5.11 Å². The smallest absolute Gasteiger partial charge is 0.337 e. The van der Waals surface area contributed by atoms with E-state index in [-0.39, 0.29) is 5.56 Å². The number of aromatic nitrogens is 1. The van der Waals surface area contributed by atoms with Gasteiger partial charge in [0.25, 0.3) is 0 Å². The van der Waals surface area contributed by atoms with Crippen LogP contribution >= 0.6 is 0 Å². The van der Waals surface area contributed by atoms with Gasteiger partial charge in [0.1, 0.15) is 5.82 Å². The third kappa shape index (κ3) is 2.67. The Balaban J connectivity index is 1.88. The summed E-state index contributed by atoms with van der Waals surface area (Å²) >= 11 is 0. The van der Waals surface area contributed by atoms with Crippen LogP contribution in [0.15, 0.2) is 30.5 Å². The van der Waals surface area contributed by atoms with Crippen molar-refractivity contribution in [3.05, 3.63) is 36.0 Å². The molecule has 2 aromatic heterocycles. The lowest BCUT2D eigenvalue weighted by atomic mass is 10.3. The van der Waals surface area contributed by atoms with Crippen LogP contribution < -0.4 is 4.90 Å². The van der Waals surface area contributed by atoms with Crippen LogP contribution in [-0.4, -0.2) is 60.6 Å². The van der Waals surface area contributed by atoms with Crippen LogP contribution in [0.3, 0.4) is 0 Å².